The van der Waals surface area contributed by atoms with Crippen molar-refractivity contribution in [2.24, 2.45) is 11.6 Å². The molecule has 1 amide bonds. The summed E-state index contributed by atoms with van der Waals surface area (Å²) in [6.45, 7) is 0. The number of amides is 1. The molecule has 0 saturated heterocycles. The lowest BCUT2D eigenvalue weighted by atomic mass is 10.0. The number of nitrogens with one attached hydrogen (secondary N) is 1. The lowest BCUT2D eigenvalue weighted by molar-refractivity contribution is -0.121. The second-order valence-electron chi connectivity index (χ2n) is 2.93. The van der Waals surface area contributed by atoms with Gasteiger partial charge in [0.15, 0.2) is 0 Å². The van der Waals surface area contributed by atoms with E-state index in [1.165, 1.54) is 12.1 Å². The van der Waals surface area contributed by atoms with E-state index in [0.717, 1.165) is 0 Å². The van der Waals surface area contributed by atoms with Gasteiger partial charge in [-0.25, -0.2) is 10.2 Å². The first-order chi connectivity index (χ1) is 6.63. The predicted molar refractivity (Wildman–Crippen MR) is 50.3 cm³/mol. The number of rotatable bonds is 3. The van der Waals surface area contributed by atoms with E-state index in [1.807, 2.05) is 5.43 Å². The van der Waals surface area contributed by atoms with Gasteiger partial charge in [0.05, 0.1) is 0 Å². The number of carbonyl (C=O) groups is 1. The molecule has 1 aromatic rings. The van der Waals surface area contributed by atoms with Gasteiger partial charge in [-0.2, -0.15) is 0 Å². The van der Waals surface area contributed by atoms with Gasteiger partial charge in [0.1, 0.15) is 5.82 Å². The molecular formula is C9H12FN3O. The molecule has 4 nitrogen and oxygen atoms in total. The molecule has 1 aromatic carbocycles. The van der Waals surface area contributed by atoms with Crippen LogP contribution in [-0.4, -0.2) is 5.91 Å². The molecule has 1 unspecified atom stereocenters. The van der Waals surface area contributed by atoms with Crippen LogP contribution in [0.1, 0.15) is 18.0 Å². The third kappa shape index (κ3) is 2.79. The first kappa shape index (κ1) is 10.6. The minimum absolute atomic E-state index is 0.0854. The second kappa shape index (κ2) is 4.69. The van der Waals surface area contributed by atoms with Crippen molar-refractivity contribution >= 4 is 5.91 Å². The molecule has 0 aliphatic heterocycles. The third-order valence-electron chi connectivity index (χ3n) is 1.86. The Morgan fingerprint density at radius 1 is 1.43 bits per heavy atom. The fraction of sp³-hybridized carbons (Fsp3) is 0.222. The Labute approximate surface area is 81.1 Å². The second-order valence-corrected chi connectivity index (χ2v) is 2.93. The quantitative estimate of drug-likeness (QED) is 0.368. The number of hydrogen-bond acceptors (Lipinski definition) is 3. The first-order valence-corrected chi connectivity index (χ1v) is 4.14. The summed E-state index contributed by atoms with van der Waals surface area (Å²) in [6.07, 6.45) is 0.0854. The summed E-state index contributed by atoms with van der Waals surface area (Å²) < 4.78 is 12.5. The monoisotopic (exact) mass is 197 g/mol. The highest BCUT2D eigenvalue weighted by Gasteiger charge is 2.10. The summed E-state index contributed by atoms with van der Waals surface area (Å²) in [6, 6.07) is 5.23. The number of hydrogen-bond donors (Lipinski definition) is 3. The molecular weight excluding hydrogens is 185 g/mol. The van der Waals surface area contributed by atoms with E-state index in [9.17, 15) is 9.18 Å². The van der Waals surface area contributed by atoms with Gasteiger partial charge in [-0.1, -0.05) is 12.1 Å². The molecule has 0 aliphatic carbocycles. The average Bonchev–Trinajstić information content (AvgIpc) is 2.18. The van der Waals surface area contributed by atoms with Crippen LogP contribution in [0.3, 0.4) is 0 Å². The molecule has 0 bridgehead atoms. The topological polar surface area (TPSA) is 81.1 Å². The van der Waals surface area contributed by atoms with Crippen LogP contribution in [0.25, 0.3) is 0 Å². The van der Waals surface area contributed by atoms with Crippen molar-refractivity contribution in [3.05, 3.63) is 35.6 Å². The minimum atomic E-state index is -0.459. The average molecular weight is 197 g/mol. The van der Waals surface area contributed by atoms with Gasteiger partial charge in [0.25, 0.3) is 0 Å². The molecule has 1 atom stereocenters. The maximum Gasteiger partial charge on any atom is 0.235 e. The van der Waals surface area contributed by atoms with Crippen molar-refractivity contribution in [1.29, 1.82) is 0 Å². The highest BCUT2D eigenvalue weighted by atomic mass is 19.1. The maximum atomic E-state index is 12.5. The summed E-state index contributed by atoms with van der Waals surface area (Å²) in [5, 5.41) is 0. The zero-order valence-electron chi connectivity index (χ0n) is 7.53. The van der Waals surface area contributed by atoms with Crippen LogP contribution in [0.5, 0.6) is 0 Å². The molecule has 0 aliphatic rings. The Hall–Kier alpha value is -1.46. The molecule has 14 heavy (non-hydrogen) atoms. The highest BCUT2D eigenvalue weighted by Crippen LogP contribution is 2.13. The molecule has 0 fully saturated rings. The number of benzene rings is 1. The van der Waals surface area contributed by atoms with Gasteiger partial charge in [0, 0.05) is 12.5 Å². The predicted octanol–water partition coefficient (Wildman–Crippen LogP) is 0.206. The van der Waals surface area contributed by atoms with E-state index in [1.54, 1.807) is 12.1 Å². The Balaban J connectivity index is 2.65. The van der Waals surface area contributed by atoms with Crippen molar-refractivity contribution in [3.8, 4) is 0 Å². The molecule has 0 radical (unpaired) electrons. The maximum absolute atomic E-state index is 12.5. The lowest BCUT2D eigenvalue weighted by Gasteiger charge is -2.10. The Morgan fingerprint density at radius 3 is 2.50 bits per heavy atom. The van der Waals surface area contributed by atoms with Crippen molar-refractivity contribution in [2.45, 2.75) is 12.5 Å². The van der Waals surface area contributed by atoms with Crippen molar-refractivity contribution in [3.63, 3.8) is 0 Å². The van der Waals surface area contributed by atoms with E-state index in [0.29, 0.717) is 5.56 Å². The number of halogens is 1. The van der Waals surface area contributed by atoms with Gasteiger partial charge < -0.3 is 5.73 Å². The van der Waals surface area contributed by atoms with Crippen LogP contribution in [0.4, 0.5) is 4.39 Å². The van der Waals surface area contributed by atoms with E-state index >= 15 is 0 Å². The standard InChI is InChI=1S/C9H12FN3O/c10-7-3-1-6(2-4-7)8(11)5-9(14)13-12/h1-4,8H,5,11-12H2,(H,13,14). The molecule has 0 heterocycles. The molecule has 0 aromatic heterocycles. The third-order valence-corrected chi connectivity index (χ3v) is 1.86. The van der Waals surface area contributed by atoms with E-state index < -0.39 is 6.04 Å². The van der Waals surface area contributed by atoms with Crippen molar-refractivity contribution in [1.82, 2.24) is 5.43 Å². The zero-order chi connectivity index (χ0) is 10.6. The fourth-order valence-electron chi connectivity index (χ4n) is 1.09. The smallest absolute Gasteiger partial charge is 0.235 e. The molecule has 5 N–H and O–H groups in total. The number of hydrazine groups is 1. The van der Waals surface area contributed by atoms with Crippen LogP contribution in [0.15, 0.2) is 24.3 Å². The van der Waals surface area contributed by atoms with Gasteiger partial charge in [0.2, 0.25) is 5.91 Å². The summed E-state index contributed by atoms with van der Waals surface area (Å²) >= 11 is 0. The van der Waals surface area contributed by atoms with Crippen molar-refractivity contribution in [2.75, 3.05) is 0 Å². The highest BCUT2D eigenvalue weighted by molar-refractivity contribution is 5.76. The van der Waals surface area contributed by atoms with E-state index in [2.05, 4.69) is 0 Å². The van der Waals surface area contributed by atoms with Crippen LogP contribution in [0, 0.1) is 5.82 Å². The Morgan fingerprint density at radius 2 is 2.00 bits per heavy atom. The fourth-order valence-corrected chi connectivity index (χ4v) is 1.09. The molecule has 0 spiro atoms. The Kier molecular flexibility index (Phi) is 3.55. The summed E-state index contributed by atoms with van der Waals surface area (Å²) in [5.41, 5.74) is 8.37. The summed E-state index contributed by atoms with van der Waals surface area (Å²) in [7, 11) is 0. The lowest BCUT2D eigenvalue weighted by Crippen LogP contribution is -2.32. The Bertz CT molecular complexity index is 312. The van der Waals surface area contributed by atoms with Gasteiger partial charge in [-0.3, -0.25) is 10.2 Å². The largest absolute Gasteiger partial charge is 0.324 e. The van der Waals surface area contributed by atoms with Crippen LogP contribution in [0.2, 0.25) is 0 Å². The number of carbonyl (C=O) groups excluding carboxylic acids is 1. The molecule has 0 saturated carbocycles. The van der Waals surface area contributed by atoms with E-state index in [-0.39, 0.29) is 18.1 Å². The first-order valence-electron chi connectivity index (χ1n) is 4.14. The van der Waals surface area contributed by atoms with Crippen LogP contribution < -0.4 is 17.0 Å². The molecule has 5 heteroatoms. The van der Waals surface area contributed by atoms with E-state index in [4.69, 9.17) is 11.6 Å². The van der Waals surface area contributed by atoms with Crippen molar-refractivity contribution < 1.29 is 9.18 Å². The van der Waals surface area contributed by atoms with Gasteiger partial charge >= 0.3 is 0 Å². The SMILES string of the molecule is NNC(=O)CC(N)c1ccc(F)cc1. The minimum Gasteiger partial charge on any atom is -0.324 e. The van der Waals surface area contributed by atoms with Crippen LogP contribution in [-0.2, 0) is 4.79 Å². The summed E-state index contributed by atoms with van der Waals surface area (Å²) in [4.78, 5) is 10.9. The normalized spacial score (nSPS) is 12.2. The molecule has 1 rings (SSSR count). The summed E-state index contributed by atoms with van der Waals surface area (Å²) in [5.74, 6) is 4.23. The number of nitrogens with two attached hydrogens (primary N) is 2. The zero-order valence-corrected chi connectivity index (χ0v) is 7.53. The van der Waals surface area contributed by atoms with Crippen LogP contribution >= 0.6 is 0 Å². The van der Waals surface area contributed by atoms with Gasteiger partial charge in [-0.05, 0) is 17.7 Å². The van der Waals surface area contributed by atoms with Gasteiger partial charge in [-0.15, -0.1) is 0 Å². The molecule has 76 valence electrons.